The predicted octanol–water partition coefficient (Wildman–Crippen LogP) is 13.3. The van der Waals surface area contributed by atoms with Crippen LogP contribution in [0.15, 0.2) is 58.3 Å². The lowest BCUT2D eigenvalue weighted by Gasteiger charge is -2.15. The number of benzene rings is 2. The molecule has 0 saturated heterocycles. The molecule has 2 nitrogen and oxygen atoms in total. The number of carbonyl (C=O) groups excluding carboxylic acids is 2. The number of hydrogen-bond acceptors (Lipinski definition) is 6. The molecule has 0 saturated carbocycles. The zero-order chi connectivity index (χ0) is 36.5. The number of thioether (sulfide) groups is 2. The molecule has 6 heteroatoms. The van der Waals surface area contributed by atoms with E-state index in [0.717, 1.165) is 76.6 Å². The molecule has 0 spiro atoms. The Balaban J connectivity index is 1.25. The molecule has 0 amide bonds. The fourth-order valence-electron chi connectivity index (χ4n) is 8.15. The summed E-state index contributed by atoms with van der Waals surface area (Å²) in [7, 11) is 0. The number of hydrogen-bond donors (Lipinski definition) is 0. The summed E-state index contributed by atoms with van der Waals surface area (Å²) in [4.78, 5) is 34.4. The van der Waals surface area contributed by atoms with E-state index in [-0.39, 0.29) is 10.2 Å². The van der Waals surface area contributed by atoms with E-state index in [2.05, 4.69) is 76.2 Å². The van der Waals surface area contributed by atoms with Gasteiger partial charge in [-0.3, -0.25) is 9.59 Å². The Morgan fingerprint density at radius 2 is 0.865 bits per heavy atom. The monoisotopic (exact) mass is 770 g/mol. The van der Waals surface area contributed by atoms with Crippen molar-refractivity contribution in [1.82, 2.24) is 0 Å². The lowest BCUT2D eigenvalue weighted by molar-refractivity contribution is -0.106. The molecular weight excluding hydrogens is 713 g/mol. The molecule has 278 valence electrons. The zero-order valence-corrected chi connectivity index (χ0v) is 35.2. The Morgan fingerprint density at radius 3 is 1.27 bits per heavy atom. The van der Waals surface area contributed by atoms with Crippen molar-refractivity contribution in [3.63, 3.8) is 0 Å². The van der Waals surface area contributed by atoms with Gasteiger partial charge in [-0.2, -0.15) is 0 Å². The van der Waals surface area contributed by atoms with E-state index in [1.807, 2.05) is 22.7 Å². The molecule has 0 aliphatic carbocycles. The van der Waals surface area contributed by atoms with Gasteiger partial charge in [0.2, 0.25) is 10.2 Å². The summed E-state index contributed by atoms with van der Waals surface area (Å²) >= 11 is 6.38. The standard InChI is InChI=1S/C46H58O2S4/c1-5-9-13-15-19-31(17-11-7-3)29-33-21-27-39(49-33)41-37-25-23-36-35(43(37)51-45(41)47)24-26-38-42(46(48)52-44(36)38)40-28-22-34(50-40)30-32(18-12-8-4)20-16-14-10-6-2/h21-28,31-32H,5-20,29-30H2,1-4H3. The van der Waals surface area contributed by atoms with Gasteiger partial charge in [-0.15, -0.1) is 22.7 Å². The highest BCUT2D eigenvalue weighted by molar-refractivity contribution is 8.15. The van der Waals surface area contributed by atoms with Crippen LogP contribution in [-0.2, 0) is 22.4 Å². The zero-order valence-electron chi connectivity index (χ0n) is 32.0. The second-order valence-corrected chi connectivity index (χ2v) is 19.5. The highest BCUT2D eigenvalue weighted by Gasteiger charge is 2.30. The Kier molecular flexibility index (Phi) is 14.8. The average Bonchev–Trinajstić information content (AvgIpc) is 3.94. The highest BCUT2D eigenvalue weighted by atomic mass is 32.2. The number of fused-ring (bicyclic) bond motifs is 5. The number of rotatable bonds is 22. The first-order chi connectivity index (χ1) is 25.4. The summed E-state index contributed by atoms with van der Waals surface area (Å²) in [5.41, 5.74) is 1.72. The third kappa shape index (κ3) is 9.39. The molecule has 2 aromatic heterocycles. The van der Waals surface area contributed by atoms with Crippen LogP contribution < -0.4 is 10.4 Å². The first-order valence-corrected chi connectivity index (χ1v) is 23.7. The Bertz CT molecular complexity index is 1820. The van der Waals surface area contributed by atoms with Crippen LogP contribution in [0.4, 0.5) is 0 Å². The van der Waals surface area contributed by atoms with Gasteiger partial charge in [-0.25, -0.2) is 0 Å². The van der Waals surface area contributed by atoms with E-state index < -0.39 is 0 Å². The number of unbranched alkanes of at least 4 members (excludes halogenated alkanes) is 8. The molecule has 2 aromatic carbocycles. The topological polar surface area (TPSA) is 34.1 Å². The molecule has 4 aromatic rings. The van der Waals surface area contributed by atoms with E-state index in [1.165, 1.54) is 136 Å². The van der Waals surface area contributed by atoms with Crippen LogP contribution in [0.25, 0.3) is 21.9 Å². The van der Waals surface area contributed by atoms with Gasteiger partial charge in [0.05, 0.1) is 11.1 Å². The Morgan fingerprint density at radius 1 is 0.462 bits per heavy atom. The molecule has 4 heterocycles. The van der Waals surface area contributed by atoms with Crippen LogP contribution in [0.5, 0.6) is 0 Å². The van der Waals surface area contributed by atoms with Crippen molar-refractivity contribution in [3.8, 4) is 0 Å². The van der Waals surface area contributed by atoms with Gasteiger partial charge in [-0.1, -0.05) is 155 Å². The molecule has 0 radical (unpaired) electrons. The van der Waals surface area contributed by atoms with E-state index in [4.69, 9.17) is 0 Å². The van der Waals surface area contributed by atoms with Crippen molar-refractivity contribution in [3.05, 3.63) is 78.5 Å². The second kappa shape index (κ2) is 19.5. The Hall–Kier alpha value is -2.12. The first kappa shape index (κ1) is 39.6. The summed E-state index contributed by atoms with van der Waals surface area (Å²) < 4.78 is 0. The van der Waals surface area contributed by atoms with Gasteiger partial charge in [-0.05, 0) is 83.2 Å². The molecule has 2 aliphatic heterocycles. The van der Waals surface area contributed by atoms with E-state index in [0.29, 0.717) is 0 Å². The summed E-state index contributed by atoms with van der Waals surface area (Å²) in [6, 6.07) is 17.5. The average molecular weight is 771 g/mol. The van der Waals surface area contributed by atoms with E-state index >= 15 is 0 Å². The van der Waals surface area contributed by atoms with Gasteiger partial charge in [0.1, 0.15) is 0 Å². The number of carbonyl (C=O) groups is 2. The highest BCUT2D eigenvalue weighted by Crippen LogP contribution is 2.42. The fraction of sp³-hybridized carbons (Fsp3) is 0.522. The van der Waals surface area contributed by atoms with Crippen molar-refractivity contribution in [1.29, 1.82) is 0 Å². The van der Waals surface area contributed by atoms with E-state index in [1.54, 1.807) is 0 Å². The first-order valence-electron chi connectivity index (χ1n) is 20.4. The lowest BCUT2D eigenvalue weighted by Crippen LogP contribution is -2.09. The summed E-state index contributed by atoms with van der Waals surface area (Å²) in [6.07, 6.45) is 23.1. The minimum Gasteiger partial charge on any atom is -0.281 e. The van der Waals surface area contributed by atoms with Crippen LogP contribution in [-0.4, -0.2) is 10.2 Å². The van der Waals surface area contributed by atoms with Crippen LogP contribution in [0.3, 0.4) is 0 Å². The summed E-state index contributed by atoms with van der Waals surface area (Å²) in [6.45, 7) is 9.15. The third-order valence-electron chi connectivity index (χ3n) is 11.1. The van der Waals surface area contributed by atoms with Gasteiger partial charge in [0.25, 0.3) is 0 Å². The molecule has 52 heavy (non-hydrogen) atoms. The predicted molar refractivity (Wildman–Crippen MR) is 230 cm³/mol. The molecule has 0 N–H and O–H groups in total. The SMILES string of the molecule is CCCCCCC(CCCC)Cc1ccc(C2=c3ccc4c5c(ccc4c3SC2=O)=C(c2ccc(CC(CCCC)CCCCCC)s2)C(=O)S5)s1. The van der Waals surface area contributed by atoms with Crippen molar-refractivity contribution >= 4 is 78.3 Å². The second-order valence-electron chi connectivity index (χ2n) is 15.2. The van der Waals surface area contributed by atoms with Gasteiger partial charge in [0.15, 0.2) is 0 Å². The van der Waals surface area contributed by atoms with Crippen LogP contribution in [0.2, 0.25) is 0 Å². The summed E-state index contributed by atoms with van der Waals surface area (Å²) in [5, 5.41) is 4.55. The quantitative estimate of drug-likeness (QED) is 0.0746. The van der Waals surface area contributed by atoms with Gasteiger partial charge >= 0.3 is 0 Å². The molecular formula is C46H58O2S4. The van der Waals surface area contributed by atoms with Gasteiger partial charge < -0.3 is 0 Å². The maximum absolute atomic E-state index is 13.7. The minimum absolute atomic E-state index is 0.142. The molecule has 2 atom stereocenters. The van der Waals surface area contributed by atoms with Crippen molar-refractivity contribution in [2.75, 3.05) is 0 Å². The van der Waals surface area contributed by atoms with Crippen molar-refractivity contribution < 1.29 is 9.59 Å². The molecule has 2 aliphatic rings. The van der Waals surface area contributed by atoms with Crippen LogP contribution in [0.1, 0.15) is 150 Å². The molecule has 2 unspecified atom stereocenters. The number of thiophene rings is 2. The fourth-order valence-corrected chi connectivity index (χ4v) is 12.8. The Labute approximate surface area is 329 Å². The summed E-state index contributed by atoms with van der Waals surface area (Å²) in [5.74, 6) is 1.46. The lowest BCUT2D eigenvalue weighted by atomic mass is 9.92. The maximum atomic E-state index is 13.7. The molecule has 0 bridgehead atoms. The van der Waals surface area contributed by atoms with E-state index in [9.17, 15) is 9.59 Å². The van der Waals surface area contributed by atoms with Crippen LogP contribution >= 0.6 is 46.2 Å². The third-order valence-corrected chi connectivity index (χ3v) is 15.4. The smallest absolute Gasteiger partial charge is 0.226 e. The van der Waals surface area contributed by atoms with Crippen LogP contribution in [0, 0.1) is 11.8 Å². The maximum Gasteiger partial charge on any atom is 0.226 e. The minimum atomic E-state index is 0.142. The molecule has 6 rings (SSSR count). The van der Waals surface area contributed by atoms with Crippen molar-refractivity contribution in [2.24, 2.45) is 11.8 Å². The largest absolute Gasteiger partial charge is 0.281 e. The molecule has 0 fully saturated rings. The van der Waals surface area contributed by atoms with Gasteiger partial charge in [0, 0.05) is 39.7 Å². The van der Waals surface area contributed by atoms with Crippen molar-refractivity contribution in [2.45, 2.75) is 153 Å². The normalized spacial score (nSPS) is 15.2.